The van der Waals surface area contributed by atoms with Gasteiger partial charge in [0.05, 0.1) is 13.7 Å². The van der Waals surface area contributed by atoms with Crippen molar-refractivity contribution in [2.24, 2.45) is 4.99 Å². The van der Waals surface area contributed by atoms with Gasteiger partial charge in [-0.2, -0.15) is 0 Å². The monoisotopic (exact) mass is 305 g/mol. The molecule has 0 aromatic heterocycles. The maximum atomic E-state index is 10.1. The molecule has 0 saturated carbocycles. The molecule has 1 rings (SSSR count). The molecule has 0 bridgehead atoms. The molecular weight excluding hydrogens is 278 g/mol. The Labute approximate surface area is 133 Å². The number of guanidine groups is 1. The second-order valence-electron chi connectivity index (χ2n) is 4.99. The van der Waals surface area contributed by atoms with Crippen LogP contribution in [-0.2, 0) is 6.54 Å². The SMILES string of the molecule is C=CCCCN(C)C(=NCc1cccc(OC)c1O)NCC. The summed E-state index contributed by atoms with van der Waals surface area (Å²) in [6.07, 6.45) is 3.95. The van der Waals surface area contributed by atoms with Crippen LogP contribution >= 0.6 is 0 Å². The molecule has 122 valence electrons. The Balaban J connectivity index is 2.79. The Morgan fingerprint density at radius 3 is 2.91 bits per heavy atom. The van der Waals surface area contributed by atoms with E-state index in [0.29, 0.717) is 12.3 Å². The first-order valence-corrected chi connectivity index (χ1v) is 7.59. The average Bonchev–Trinajstić information content (AvgIpc) is 2.52. The van der Waals surface area contributed by atoms with Gasteiger partial charge in [-0.1, -0.05) is 18.2 Å². The molecule has 0 spiro atoms. The molecule has 2 N–H and O–H groups in total. The molecule has 5 heteroatoms. The van der Waals surface area contributed by atoms with Crippen LogP contribution in [0, 0.1) is 0 Å². The number of nitrogens with one attached hydrogen (secondary N) is 1. The molecule has 5 nitrogen and oxygen atoms in total. The summed E-state index contributed by atoms with van der Waals surface area (Å²) in [4.78, 5) is 6.68. The molecule has 0 aliphatic heterocycles. The van der Waals surface area contributed by atoms with Crippen molar-refractivity contribution in [3.05, 3.63) is 36.4 Å². The third-order valence-corrected chi connectivity index (χ3v) is 3.30. The predicted molar refractivity (Wildman–Crippen MR) is 91.5 cm³/mol. The van der Waals surface area contributed by atoms with Crippen molar-refractivity contribution in [1.82, 2.24) is 10.2 Å². The number of phenolic OH excluding ortho intramolecular Hbond substituents is 1. The predicted octanol–water partition coefficient (Wildman–Crippen LogP) is 2.76. The number of unbranched alkanes of at least 4 members (excludes halogenated alkanes) is 1. The number of aromatic hydroxyl groups is 1. The summed E-state index contributed by atoms with van der Waals surface area (Å²) < 4.78 is 5.12. The number of hydrogen-bond donors (Lipinski definition) is 2. The van der Waals surface area contributed by atoms with Crippen LogP contribution in [-0.4, -0.2) is 43.2 Å². The molecule has 0 fully saturated rings. The van der Waals surface area contributed by atoms with Crippen molar-refractivity contribution >= 4 is 5.96 Å². The fraction of sp³-hybridized carbons (Fsp3) is 0.471. The first-order valence-electron chi connectivity index (χ1n) is 7.59. The van der Waals surface area contributed by atoms with Crippen molar-refractivity contribution < 1.29 is 9.84 Å². The topological polar surface area (TPSA) is 57.1 Å². The summed E-state index contributed by atoms with van der Waals surface area (Å²) in [5, 5.41) is 13.4. The molecule has 1 aromatic carbocycles. The normalized spacial score (nSPS) is 11.1. The highest BCUT2D eigenvalue weighted by Crippen LogP contribution is 2.29. The average molecular weight is 305 g/mol. The molecule has 0 amide bonds. The minimum absolute atomic E-state index is 0.152. The van der Waals surface area contributed by atoms with Gasteiger partial charge in [-0.3, -0.25) is 0 Å². The maximum absolute atomic E-state index is 10.1. The molecule has 1 aromatic rings. The molecule has 22 heavy (non-hydrogen) atoms. The van der Waals surface area contributed by atoms with Crippen molar-refractivity contribution in [1.29, 1.82) is 0 Å². The molecule has 0 unspecified atom stereocenters. The van der Waals surface area contributed by atoms with E-state index in [-0.39, 0.29) is 5.75 Å². The number of ether oxygens (including phenoxy) is 1. The number of para-hydroxylation sites is 1. The minimum atomic E-state index is 0.152. The fourth-order valence-corrected chi connectivity index (χ4v) is 2.07. The number of hydrogen-bond acceptors (Lipinski definition) is 3. The highest BCUT2D eigenvalue weighted by Gasteiger charge is 2.09. The lowest BCUT2D eigenvalue weighted by molar-refractivity contribution is 0.370. The summed E-state index contributed by atoms with van der Waals surface area (Å²) >= 11 is 0. The van der Waals surface area contributed by atoms with E-state index >= 15 is 0 Å². The van der Waals surface area contributed by atoms with Crippen molar-refractivity contribution in [3.8, 4) is 11.5 Å². The van der Waals surface area contributed by atoms with Crippen LogP contribution in [0.5, 0.6) is 11.5 Å². The summed E-state index contributed by atoms with van der Waals surface area (Å²) in [6, 6.07) is 5.43. The minimum Gasteiger partial charge on any atom is -0.504 e. The zero-order chi connectivity index (χ0) is 16.4. The number of rotatable bonds is 8. The first-order chi connectivity index (χ1) is 10.6. The Hall–Kier alpha value is -2.17. The van der Waals surface area contributed by atoms with Crippen LogP contribution in [0.4, 0.5) is 0 Å². The molecule has 0 saturated heterocycles. The van der Waals surface area contributed by atoms with Crippen LogP contribution in [0.15, 0.2) is 35.8 Å². The van der Waals surface area contributed by atoms with Gasteiger partial charge in [0.15, 0.2) is 17.5 Å². The largest absolute Gasteiger partial charge is 0.504 e. The van der Waals surface area contributed by atoms with Crippen LogP contribution in [0.25, 0.3) is 0 Å². The van der Waals surface area contributed by atoms with E-state index in [0.717, 1.165) is 37.5 Å². The Kier molecular flexibility index (Phi) is 7.89. The molecule has 0 aliphatic carbocycles. The molecule has 0 aliphatic rings. The van der Waals surface area contributed by atoms with E-state index in [9.17, 15) is 5.11 Å². The number of benzene rings is 1. The molecule has 0 atom stereocenters. The summed E-state index contributed by atoms with van der Waals surface area (Å²) in [6.45, 7) is 7.88. The molecule has 0 radical (unpaired) electrons. The van der Waals surface area contributed by atoms with E-state index in [1.54, 1.807) is 13.2 Å². The van der Waals surface area contributed by atoms with Gasteiger partial charge in [-0.25, -0.2) is 4.99 Å². The lowest BCUT2D eigenvalue weighted by Crippen LogP contribution is -2.39. The number of phenols is 1. The molecular formula is C17H27N3O2. The lowest BCUT2D eigenvalue weighted by atomic mass is 10.2. The Morgan fingerprint density at radius 2 is 2.27 bits per heavy atom. The van der Waals surface area contributed by atoms with E-state index in [1.807, 2.05) is 32.2 Å². The van der Waals surface area contributed by atoms with Gasteiger partial charge < -0.3 is 20.1 Å². The van der Waals surface area contributed by atoms with E-state index < -0.39 is 0 Å². The maximum Gasteiger partial charge on any atom is 0.193 e. The van der Waals surface area contributed by atoms with Gasteiger partial charge >= 0.3 is 0 Å². The van der Waals surface area contributed by atoms with Crippen molar-refractivity contribution in [2.45, 2.75) is 26.3 Å². The highest BCUT2D eigenvalue weighted by molar-refractivity contribution is 5.79. The fourth-order valence-electron chi connectivity index (χ4n) is 2.07. The van der Waals surface area contributed by atoms with Crippen LogP contribution in [0.2, 0.25) is 0 Å². The zero-order valence-electron chi connectivity index (χ0n) is 13.8. The number of aliphatic imine (C=N–C) groups is 1. The highest BCUT2D eigenvalue weighted by atomic mass is 16.5. The van der Waals surface area contributed by atoms with Crippen LogP contribution in [0.3, 0.4) is 0 Å². The van der Waals surface area contributed by atoms with Gasteiger partial charge in [0.25, 0.3) is 0 Å². The Bertz CT molecular complexity index is 501. The third-order valence-electron chi connectivity index (χ3n) is 3.30. The summed E-state index contributed by atoms with van der Waals surface area (Å²) in [7, 11) is 3.55. The van der Waals surface area contributed by atoms with Gasteiger partial charge in [0, 0.05) is 25.7 Å². The van der Waals surface area contributed by atoms with Gasteiger partial charge in [0.1, 0.15) is 0 Å². The van der Waals surface area contributed by atoms with Crippen molar-refractivity contribution in [2.75, 3.05) is 27.2 Å². The standard InChI is InChI=1S/C17H27N3O2/c1-5-7-8-12-20(3)17(18-6-2)19-13-14-10-9-11-15(22-4)16(14)21/h5,9-11,21H,1,6-8,12-13H2,2-4H3,(H,18,19). The zero-order valence-corrected chi connectivity index (χ0v) is 13.8. The second-order valence-corrected chi connectivity index (χ2v) is 4.99. The van der Waals surface area contributed by atoms with Crippen LogP contribution < -0.4 is 10.1 Å². The number of methoxy groups -OCH3 is 1. The molecule has 0 heterocycles. The third kappa shape index (κ3) is 5.31. The van der Waals surface area contributed by atoms with E-state index in [4.69, 9.17) is 4.74 Å². The first kappa shape index (κ1) is 17.9. The van der Waals surface area contributed by atoms with Crippen molar-refractivity contribution in [3.63, 3.8) is 0 Å². The van der Waals surface area contributed by atoms with E-state index in [2.05, 4.69) is 21.8 Å². The van der Waals surface area contributed by atoms with E-state index in [1.165, 1.54) is 0 Å². The van der Waals surface area contributed by atoms with Gasteiger partial charge in [-0.15, -0.1) is 6.58 Å². The second kappa shape index (κ2) is 9.71. The quantitative estimate of drug-likeness (QED) is 0.336. The number of nitrogens with zero attached hydrogens (tertiary/aromatic N) is 2. The van der Waals surface area contributed by atoms with Gasteiger partial charge in [0.2, 0.25) is 0 Å². The smallest absolute Gasteiger partial charge is 0.193 e. The number of allylic oxidation sites excluding steroid dienone is 1. The Morgan fingerprint density at radius 1 is 1.50 bits per heavy atom. The summed E-state index contributed by atoms with van der Waals surface area (Å²) in [5.41, 5.74) is 0.745. The summed E-state index contributed by atoms with van der Waals surface area (Å²) in [5.74, 6) is 1.45. The van der Waals surface area contributed by atoms with Crippen LogP contribution in [0.1, 0.15) is 25.3 Å². The lowest BCUT2D eigenvalue weighted by Gasteiger charge is -2.22. The van der Waals surface area contributed by atoms with Gasteiger partial charge in [-0.05, 0) is 25.8 Å².